The molecular weight excluding hydrogens is 388 g/mol. The fourth-order valence-electron chi connectivity index (χ4n) is 3.57. The first-order chi connectivity index (χ1) is 13.9. The van der Waals surface area contributed by atoms with Gasteiger partial charge in [-0.15, -0.1) is 0 Å². The number of nitrogens with zero attached hydrogens (tertiary/aromatic N) is 1. The van der Waals surface area contributed by atoms with E-state index in [1.807, 2.05) is 30.3 Å². The van der Waals surface area contributed by atoms with Crippen LogP contribution in [-0.4, -0.2) is 45.4 Å². The molecule has 2 atom stereocenters. The number of piperidine rings is 1. The lowest BCUT2D eigenvalue weighted by molar-refractivity contribution is -0.126. The minimum Gasteiger partial charge on any atom is -0.497 e. The highest BCUT2D eigenvalue weighted by Crippen LogP contribution is 2.25. The maximum atomic E-state index is 13.0. The van der Waals surface area contributed by atoms with E-state index in [1.54, 1.807) is 24.3 Å². The van der Waals surface area contributed by atoms with E-state index in [9.17, 15) is 13.2 Å². The van der Waals surface area contributed by atoms with Gasteiger partial charge in [0, 0.05) is 19.6 Å². The minimum atomic E-state index is -3.63. The average molecular weight is 417 g/mol. The molecule has 156 valence electrons. The molecule has 0 saturated carbocycles. The van der Waals surface area contributed by atoms with Crippen molar-refractivity contribution in [3.8, 4) is 5.75 Å². The van der Waals surface area contributed by atoms with Crippen LogP contribution >= 0.6 is 0 Å². The molecule has 0 aliphatic carbocycles. The molecule has 2 aromatic carbocycles. The summed E-state index contributed by atoms with van der Waals surface area (Å²) in [5.41, 5.74) is 1.17. The number of amides is 1. The molecule has 6 nitrogen and oxygen atoms in total. The minimum absolute atomic E-state index is 0.0811. The van der Waals surface area contributed by atoms with E-state index in [4.69, 9.17) is 4.74 Å². The summed E-state index contributed by atoms with van der Waals surface area (Å²) in [5.74, 6) is 0.386. The SMILES string of the molecule is COc1ccc(S(=O)(=O)N2CCC[C@H](C(=O)NC[C@H](C)c3ccccc3)C2)cc1. The van der Waals surface area contributed by atoms with Crippen molar-refractivity contribution in [1.82, 2.24) is 9.62 Å². The van der Waals surface area contributed by atoms with Crippen molar-refractivity contribution in [3.05, 3.63) is 60.2 Å². The monoisotopic (exact) mass is 416 g/mol. The van der Waals surface area contributed by atoms with Crippen LogP contribution in [0.15, 0.2) is 59.5 Å². The molecule has 0 radical (unpaired) electrons. The number of sulfonamides is 1. The summed E-state index contributed by atoms with van der Waals surface area (Å²) in [6.07, 6.45) is 1.36. The van der Waals surface area contributed by atoms with Crippen LogP contribution in [-0.2, 0) is 14.8 Å². The number of benzene rings is 2. The van der Waals surface area contributed by atoms with E-state index in [2.05, 4.69) is 12.2 Å². The predicted octanol–water partition coefficient (Wildman–Crippen LogP) is 3.02. The highest BCUT2D eigenvalue weighted by molar-refractivity contribution is 7.89. The summed E-state index contributed by atoms with van der Waals surface area (Å²) in [6, 6.07) is 16.4. The van der Waals surface area contributed by atoms with E-state index in [1.165, 1.54) is 17.0 Å². The summed E-state index contributed by atoms with van der Waals surface area (Å²) in [4.78, 5) is 12.9. The van der Waals surface area contributed by atoms with Gasteiger partial charge >= 0.3 is 0 Å². The van der Waals surface area contributed by atoms with Crippen molar-refractivity contribution >= 4 is 15.9 Å². The standard InChI is InChI=1S/C22H28N2O4S/c1-17(18-7-4-3-5-8-18)15-23-22(25)19-9-6-14-24(16-19)29(26,27)21-12-10-20(28-2)11-13-21/h3-5,7-8,10-13,17,19H,6,9,14-16H2,1-2H3,(H,23,25)/t17-,19-/m0/s1. The Hall–Kier alpha value is -2.38. The van der Waals surface area contributed by atoms with Crippen molar-refractivity contribution in [2.75, 3.05) is 26.7 Å². The van der Waals surface area contributed by atoms with Gasteiger partial charge in [-0.2, -0.15) is 4.31 Å². The van der Waals surface area contributed by atoms with E-state index in [-0.39, 0.29) is 29.2 Å². The second-order valence-corrected chi connectivity index (χ2v) is 9.37. The Bertz CT molecular complexity index is 914. The zero-order valence-corrected chi connectivity index (χ0v) is 17.7. The molecule has 0 spiro atoms. The maximum absolute atomic E-state index is 13.0. The first kappa shape index (κ1) is 21.3. The second-order valence-electron chi connectivity index (χ2n) is 7.43. The van der Waals surface area contributed by atoms with Gasteiger partial charge in [-0.05, 0) is 48.6 Å². The van der Waals surface area contributed by atoms with Crippen molar-refractivity contribution in [3.63, 3.8) is 0 Å². The van der Waals surface area contributed by atoms with Crippen LogP contribution in [0.2, 0.25) is 0 Å². The molecule has 0 aromatic heterocycles. The Labute approximate surface area is 172 Å². The Morgan fingerprint density at radius 1 is 1.17 bits per heavy atom. The molecular formula is C22H28N2O4S. The van der Waals surface area contributed by atoms with E-state index >= 15 is 0 Å². The summed E-state index contributed by atoms with van der Waals surface area (Å²) >= 11 is 0. The molecule has 3 rings (SSSR count). The van der Waals surface area contributed by atoms with Crippen molar-refractivity contribution in [1.29, 1.82) is 0 Å². The summed E-state index contributed by atoms with van der Waals surface area (Å²) < 4.78 is 32.4. The van der Waals surface area contributed by atoms with Crippen LogP contribution in [0.5, 0.6) is 5.75 Å². The van der Waals surface area contributed by atoms with Crippen LogP contribution in [0.4, 0.5) is 0 Å². The van der Waals surface area contributed by atoms with Gasteiger partial charge in [-0.25, -0.2) is 8.42 Å². The fourth-order valence-corrected chi connectivity index (χ4v) is 5.09. The van der Waals surface area contributed by atoms with Crippen LogP contribution in [0.1, 0.15) is 31.2 Å². The lowest BCUT2D eigenvalue weighted by Crippen LogP contribution is -2.45. The van der Waals surface area contributed by atoms with Gasteiger partial charge in [0.15, 0.2) is 0 Å². The van der Waals surface area contributed by atoms with Crippen molar-refractivity contribution in [2.45, 2.75) is 30.6 Å². The zero-order chi connectivity index (χ0) is 20.9. The van der Waals surface area contributed by atoms with Crippen molar-refractivity contribution in [2.24, 2.45) is 5.92 Å². The summed E-state index contributed by atoms with van der Waals surface area (Å²) in [7, 11) is -2.09. The van der Waals surface area contributed by atoms with Gasteiger partial charge in [-0.1, -0.05) is 37.3 Å². The molecule has 29 heavy (non-hydrogen) atoms. The third kappa shape index (κ3) is 5.16. The second kappa shape index (κ2) is 9.41. The van der Waals surface area contributed by atoms with Gasteiger partial charge in [0.1, 0.15) is 5.75 Å². The molecule has 0 bridgehead atoms. The van der Waals surface area contributed by atoms with E-state index < -0.39 is 10.0 Å². The quantitative estimate of drug-likeness (QED) is 0.753. The van der Waals surface area contributed by atoms with Crippen molar-refractivity contribution < 1.29 is 17.9 Å². The predicted molar refractivity (Wildman–Crippen MR) is 112 cm³/mol. The number of rotatable bonds is 7. The van der Waals surface area contributed by atoms with Crippen LogP contribution in [0, 0.1) is 5.92 Å². The zero-order valence-electron chi connectivity index (χ0n) is 16.9. The molecule has 1 aliphatic rings. The Morgan fingerprint density at radius 3 is 2.52 bits per heavy atom. The highest BCUT2D eigenvalue weighted by atomic mass is 32.2. The van der Waals surface area contributed by atoms with Crippen LogP contribution in [0.3, 0.4) is 0 Å². The Morgan fingerprint density at radius 2 is 1.86 bits per heavy atom. The van der Waals surface area contributed by atoms with Gasteiger partial charge in [0.05, 0.1) is 17.9 Å². The smallest absolute Gasteiger partial charge is 0.243 e. The van der Waals surface area contributed by atoms with E-state index in [0.29, 0.717) is 31.7 Å². The Balaban J connectivity index is 1.61. The summed E-state index contributed by atoms with van der Waals surface area (Å²) in [5, 5.41) is 3.00. The maximum Gasteiger partial charge on any atom is 0.243 e. The number of methoxy groups -OCH3 is 1. The Kier molecular flexibility index (Phi) is 6.92. The van der Waals surface area contributed by atoms with Gasteiger partial charge in [-0.3, -0.25) is 4.79 Å². The average Bonchev–Trinajstić information content (AvgIpc) is 2.78. The van der Waals surface area contributed by atoms with Gasteiger partial charge in [0.2, 0.25) is 15.9 Å². The third-order valence-electron chi connectivity index (χ3n) is 5.40. The normalized spacial score (nSPS) is 18.8. The highest BCUT2D eigenvalue weighted by Gasteiger charge is 2.33. The number of hydrogen-bond donors (Lipinski definition) is 1. The molecule has 1 saturated heterocycles. The molecule has 1 fully saturated rings. The molecule has 1 N–H and O–H groups in total. The topological polar surface area (TPSA) is 75.7 Å². The number of carbonyl (C=O) groups is 1. The number of nitrogens with one attached hydrogen (secondary N) is 1. The lowest BCUT2D eigenvalue weighted by Gasteiger charge is -2.31. The molecule has 7 heteroatoms. The first-order valence-corrected chi connectivity index (χ1v) is 11.3. The van der Waals surface area contributed by atoms with Gasteiger partial charge < -0.3 is 10.1 Å². The lowest BCUT2D eigenvalue weighted by atomic mass is 9.97. The third-order valence-corrected chi connectivity index (χ3v) is 7.28. The molecule has 2 aromatic rings. The van der Waals surface area contributed by atoms with Crippen LogP contribution < -0.4 is 10.1 Å². The van der Waals surface area contributed by atoms with Crippen LogP contribution in [0.25, 0.3) is 0 Å². The number of carbonyl (C=O) groups excluding carboxylic acids is 1. The summed E-state index contributed by atoms with van der Waals surface area (Å²) in [6.45, 7) is 3.24. The number of hydrogen-bond acceptors (Lipinski definition) is 4. The molecule has 1 heterocycles. The molecule has 0 unspecified atom stereocenters. The fraction of sp³-hybridized carbons (Fsp3) is 0.409. The van der Waals surface area contributed by atoms with E-state index in [0.717, 1.165) is 0 Å². The first-order valence-electron chi connectivity index (χ1n) is 9.88. The molecule has 1 amide bonds. The largest absolute Gasteiger partial charge is 0.497 e. The number of ether oxygens (including phenoxy) is 1. The van der Waals surface area contributed by atoms with Gasteiger partial charge in [0.25, 0.3) is 0 Å². The molecule has 1 aliphatic heterocycles.